The highest BCUT2D eigenvalue weighted by Gasteiger charge is 2.32. The number of nitrogens with zero attached hydrogens (tertiary/aromatic N) is 3. The molecule has 8 heteroatoms. The summed E-state index contributed by atoms with van der Waals surface area (Å²) in [5.74, 6) is -0.116. The molecule has 4 aromatic rings. The predicted molar refractivity (Wildman–Crippen MR) is 140 cm³/mol. The number of halogens is 1. The van der Waals surface area contributed by atoms with Crippen LogP contribution in [0.1, 0.15) is 52.9 Å². The van der Waals surface area contributed by atoms with Crippen molar-refractivity contribution in [2.75, 3.05) is 6.61 Å². The van der Waals surface area contributed by atoms with Crippen LogP contribution in [0.5, 0.6) is 11.5 Å². The molecular weight excluding hydrogens is 485 g/mol. The van der Waals surface area contributed by atoms with Crippen molar-refractivity contribution in [2.24, 2.45) is 7.05 Å². The molecule has 2 aromatic heterocycles. The Morgan fingerprint density at radius 3 is 2.82 bits per heavy atom. The fourth-order valence-corrected chi connectivity index (χ4v) is 5.86. The predicted octanol–water partition coefficient (Wildman–Crippen LogP) is 5.92. The number of aliphatic carboxylic acids is 1. The standard InChI is InChI=1S/C30H28FN3O4/c1-16-28(17(2)34(3)33-16)30-23(5-4-12-32-30)21-8-10-24(31)29-22(21)9-11-25(29)38-19-6-7-20-18(13-27(35)36)15-37-26(20)14-19/h4-8,10,12,14,18,25H,9,11,13,15H2,1-3H3,(H,35,36)/t18?,25-/m1/s1. The Morgan fingerprint density at radius 1 is 1.21 bits per heavy atom. The molecule has 1 N–H and O–H groups in total. The van der Waals surface area contributed by atoms with E-state index < -0.39 is 12.1 Å². The third kappa shape index (κ3) is 4.00. The Hall–Kier alpha value is -4.20. The van der Waals surface area contributed by atoms with Gasteiger partial charge in [0.05, 0.1) is 24.4 Å². The number of carboxylic acids is 1. The summed E-state index contributed by atoms with van der Waals surface area (Å²) in [6, 6.07) is 12.7. The van der Waals surface area contributed by atoms with E-state index in [1.807, 2.05) is 55.9 Å². The van der Waals surface area contributed by atoms with Gasteiger partial charge in [-0.3, -0.25) is 14.5 Å². The maximum Gasteiger partial charge on any atom is 0.304 e. The molecule has 6 rings (SSSR count). The maximum absolute atomic E-state index is 15.3. The zero-order valence-corrected chi connectivity index (χ0v) is 21.5. The quantitative estimate of drug-likeness (QED) is 0.344. The average Bonchev–Trinajstić information content (AvgIpc) is 3.56. The first kappa shape index (κ1) is 24.2. The molecule has 0 amide bonds. The number of hydrogen-bond donors (Lipinski definition) is 1. The molecule has 0 fully saturated rings. The van der Waals surface area contributed by atoms with Crippen LogP contribution in [0.3, 0.4) is 0 Å². The van der Waals surface area contributed by atoms with E-state index in [4.69, 9.17) is 19.6 Å². The molecule has 0 saturated heterocycles. The van der Waals surface area contributed by atoms with Crippen molar-refractivity contribution in [3.8, 4) is 33.9 Å². The lowest BCUT2D eigenvalue weighted by Crippen LogP contribution is -2.07. The minimum atomic E-state index is -0.855. The van der Waals surface area contributed by atoms with Crippen LogP contribution in [0.25, 0.3) is 22.4 Å². The molecule has 2 aliphatic rings. The molecule has 0 spiro atoms. The van der Waals surface area contributed by atoms with E-state index in [1.165, 1.54) is 6.07 Å². The van der Waals surface area contributed by atoms with Gasteiger partial charge in [0.25, 0.3) is 0 Å². The zero-order chi connectivity index (χ0) is 26.6. The Balaban J connectivity index is 1.35. The smallest absolute Gasteiger partial charge is 0.304 e. The van der Waals surface area contributed by atoms with Gasteiger partial charge in [0, 0.05) is 53.2 Å². The minimum Gasteiger partial charge on any atom is -0.492 e. The van der Waals surface area contributed by atoms with Gasteiger partial charge in [-0.25, -0.2) is 4.39 Å². The second kappa shape index (κ2) is 9.28. The molecule has 194 valence electrons. The largest absolute Gasteiger partial charge is 0.492 e. The van der Waals surface area contributed by atoms with E-state index >= 15 is 4.39 Å². The molecule has 3 heterocycles. The van der Waals surface area contributed by atoms with E-state index in [2.05, 4.69) is 5.10 Å². The highest BCUT2D eigenvalue weighted by Crippen LogP contribution is 2.45. The molecule has 7 nitrogen and oxygen atoms in total. The number of aryl methyl sites for hydroxylation is 2. The van der Waals surface area contributed by atoms with Crippen LogP contribution < -0.4 is 9.47 Å². The van der Waals surface area contributed by atoms with Crippen LogP contribution in [0.2, 0.25) is 0 Å². The van der Waals surface area contributed by atoms with Crippen molar-refractivity contribution in [2.45, 2.75) is 45.1 Å². The number of pyridine rings is 1. The summed E-state index contributed by atoms with van der Waals surface area (Å²) < 4.78 is 29.2. The van der Waals surface area contributed by atoms with Gasteiger partial charge in [0.1, 0.15) is 23.4 Å². The topological polar surface area (TPSA) is 86.5 Å². The normalized spacial score (nSPS) is 17.7. The van der Waals surface area contributed by atoms with E-state index in [9.17, 15) is 4.79 Å². The molecule has 1 unspecified atom stereocenters. The second-order valence-corrected chi connectivity index (χ2v) is 10.0. The number of rotatable bonds is 6. The minimum absolute atomic E-state index is 0.0195. The summed E-state index contributed by atoms with van der Waals surface area (Å²) in [5.41, 5.74) is 8.01. The first-order chi connectivity index (χ1) is 18.3. The second-order valence-electron chi connectivity index (χ2n) is 10.0. The van der Waals surface area contributed by atoms with Gasteiger partial charge in [0.2, 0.25) is 0 Å². The monoisotopic (exact) mass is 513 g/mol. The van der Waals surface area contributed by atoms with Crippen molar-refractivity contribution in [1.29, 1.82) is 0 Å². The van der Waals surface area contributed by atoms with Crippen LogP contribution in [-0.2, 0) is 18.3 Å². The van der Waals surface area contributed by atoms with Gasteiger partial charge >= 0.3 is 5.97 Å². The van der Waals surface area contributed by atoms with Crippen molar-refractivity contribution >= 4 is 5.97 Å². The number of ether oxygens (including phenoxy) is 2. The molecule has 0 bridgehead atoms. The van der Waals surface area contributed by atoms with E-state index in [0.717, 1.165) is 44.9 Å². The number of hydrogen-bond acceptors (Lipinski definition) is 5. The molecule has 38 heavy (non-hydrogen) atoms. The fourth-order valence-electron chi connectivity index (χ4n) is 5.86. The van der Waals surface area contributed by atoms with Crippen molar-refractivity contribution < 1.29 is 23.8 Å². The van der Waals surface area contributed by atoms with Crippen LogP contribution in [0.4, 0.5) is 4.39 Å². The van der Waals surface area contributed by atoms with Gasteiger partial charge in [-0.15, -0.1) is 0 Å². The summed E-state index contributed by atoms with van der Waals surface area (Å²) >= 11 is 0. The Bertz CT molecular complexity index is 1580. The lowest BCUT2D eigenvalue weighted by atomic mass is 9.92. The SMILES string of the molecule is Cc1nn(C)c(C)c1-c1ncccc1-c1ccc(F)c2c1CC[C@H]2Oc1ccc2c(c1)OCC2CC(=O)O. The molecule has 0 saturated carbocycles. The summed E-state index contributed by atoms with van der Waals surface area (Å²) in [5, 5.41) is 13.7. The van der Waals surface area contributed by atoms with E-state index in [0.29, 0.717) is 36.5 Å². The molecule has 2 atom stereocenters. The summed E-state index contributed by atoms with van der Waals surface area (Å²) in [6.45, 7) is 4.33. The zero-order valence-electron chi connectivity index (χ0n) is 21.5. The first-order valence-electron chi connectivity index (χ1n) is 12.7. The number of carboxylic acid groups (broad SMARTS) is 1. The summed E-state index contributed by atoms with van der Waals surface area (Å²) in [7, 11) is 1.92. The third-order valence-corrected chi connectivity index (χ3v) is 7.69. The van der Waals surface area contributed by atoms with Crippen molar-refractivity contribution in [3.05, 3.63) is 82.6 Å². The molecule has 1 aliphatic carbocycles. The van der Waals surface area contributed by atoms with Crippen LogP contribution >= 0.6 is 0 Å². The number of fused-ring (bicyclic) bond motifs is 2. The number of benzene rings is 2. The van der Waals surface area contributed by atoms with Gasteiger partial charge in [-0.2, -0.15) is 5.10 Å². The van der Waals surface area contributed by atoms with Gasteiger partial charge < -0.3 is 14.6 Å². The van der Waals surface area contributed by atoms with Gasteiger partial charge in [0.15, 0.2) is 0 Å². The first-order valence-corrected chi connectivity index (χ1v) is 12.7. The third-order valence-electron chi connectivity index (χ3n) is 7.69. The van der Waals surface area contributed by atoms with Crippen molar-refractivity contribution in [3.63, 3.8) is 0 Å². The van der Waals surface area contributed by atoms with Gasteiger partial charge in [-0.05, 0) is 56.0 Å². The van der Waals surface area contributed by atoms with Gasteiger partial charge in [-0.1, -0.05) is 18.2 Å². The van der Waals surface area contributed by atoms with Crippen LogP contribution in [0.15, 0.2) is 48.7 Å². The molecule has 1 aliphatic heterocycles. The number of aromatic nitrogens is 3. The molecular formula is C30H28FN3O4. The Labute approximate surface area is 219 Å². The fraction of sp³-hybridized carbons (Fsp3) is 0.300. The summed E-state index contributed by atoms with van der Waals surface area (Å²) in [4.78, 5) is 15.9. The van der Waals surface area contributed by atoms with E-state index in [1.54, 1.807) is 12.3 Å². The lowest BCUT2D eigenvalue weighted by Gasteiger charge is -2.18. The number of carbonyl (C=O) groups is 1. The summed E-state index contributed by atoms with van der Waals surface area (Å²) in [6.07, 6.45) is 2.67. The van der Waals surface area contributed by atoms with Crippen LogP contribution in [-0.4, -0.2) is 32.4 Å². The highest BCUT2D eigenvalue weighted by atomic mass is 19.1. The van der Waals surface area contributed by atoms with E-state index in [-0.39, 0.29) is 18.2 Å². The maximum atomic E-state index is 15.3. The lowest BCUT2D eigenvalue weighted by molar-refractivity contribution is -0.137. The van der Waals surface area contributed by atoms with Crippen molar-refractivity contribution in [1.82, 2.24) is 14.8 Å². The van der Waals surface area contributed by atoms with Crippen LogP contribution in [0, 0.1) is 19.7 Å². The average molecular weight is 514 g/mol. The molecule has 2 aromatic carbocycles. The molecule has 0 radical (unpaired) electrons. The Kier molecular flexibility index (Phi) is 5.90. The Morgan fingerprint density at radius 2 is 2.05 bits per heavy atom. The highest BCUT2D eigenvalue weighted by molar-refractivity contribution is 5.85.